The van der Waals surface area contributed by atoms with Crippen molar-refractivity contribution in [2.75, 3.05) is 33.9 Å². The second kappa shape index (κ2) is 9.11. The van der Waals surface area contributed by atoms with E-state index < -0.39 is 5.97 Å². The van der Waals surface area contributed by atoms with Crippen LogP contribution in [0.2, 0.25) is 0 Å². The van der Waals surface area contributed by atoms with Gasteiger partial charge in [0.15, 0.2) is 6.61 Å². The highest BCUT2D eigenvalue weighted by atomic mass is 16.5. The predicted octanol–water partition coefficient (Wildman–Crippen LogP) is 2.52. The van der Waals surface area contributed by atoms with Gasteiger partial charge in [-0.05, 0) is 42.5 Å². The number of carbonyl (C=O) groups is 2. The average molecular weight is 347 g/mol. The quantitative estimate of drug-likeness (QED) is 0.584. The Morgan fingerprint density at radius 1 is 1.20 bits per heavy atom. The van der Waals surface area contributed by atoms with Gasteiger partial charge < -0.3 is 19.1 Å². The summed E-state index contributed by atoms with van der Waals surface area (Å²) in [7, 11) is 3.12. The molecule has 0 N–H and O–H groups in total. The monoisotopic (exact) mass is 347 g/mol. The summed E-state index contributed by atoms with van der Waals surface area (Å²) in [4.78, 5) is 25.7. The minimum Gasteiger partial charge on any atom is -0.497 e. The zero-order valence-corrected chi connectivity index (χ0v) is 15.0. The Morgan fingerprint density at radius 2 is 1.88 bits per heavy atom. The van der Waals surface area contributed by atoms with Crippen molar-refractivity contribution in [1.29, 1.82) is 0 Å². The third-order valence-electron chi connectivity index (χ3n) is 4.13. The molecule has 0 bridgehead atoms. The van der Waals surface area contributed by atoms with E-state index in [0.29, 0.717) is 17.4 Å². The van der Waals surface area contributed by atoms with E-state index in [1.807, 2.05) is 0 Å². The number of benzene rings is 1. The largest absolute Gasteiger partial charge is 0.497 e. The van der Waals surface area contributed by atoms with E-state index in [-0.39, 0.29) is 12.5 Å². The standard InChI is InChI=1S/C19H25NO5/c1-14-5-4-8-20(12-14)18(21)13-25-19(22)7-6-15-9-16(23-2)11-17(10-15)24-3/h6-7,9-11,14H,4-5,8,12-13H2,1-3H3/b7-6+/t14-/m1/s1. The summed E-state index contributed by atoms with van der Waals surface area (Å²) >= 11 is 0. The molecular formula is C19H25NO5. The van der Waals surface area contributed by atoms with Crippen LogP contribution in [-0.4, -0.2) is 50.7 Å². The molecule has 25 heavy (non-hydrogen) atoms. The number of rotatable bonds is 6. The maximum Gasteiger partial charge on any atom is 0.331 e. The van der Waals surface area contributed by atoms with E-state index in [1.54, 1.807) is 43.4 Å². The molecule has 1 aromatic carbocycles. The van der Waals surface area contributed by atoms with Crippen LogP contribution in [0.25, 0.3) is 6.08 Å². The Bertz CT molecular complexity index is 618. The van der Waals surface area contributed by atoms with Crippen LogP contribution < -0.4 is 9.47 Å². The zero-order valence-electron chi connectivity index (χ0n) is 15.0. The SMILES string of the molecule is COc1cc(/C=C/C(=O)OCC(=O)N2CCC[C@@H](C)C2)cc(OC)c1. The van der Waals surface area contributed by atoms with Crippen molar-refractivity contribution in [2.24, 2.45) is 5.92 Å². The van der Waals surface area contributed by atoms with Crippen molar-refractivity contribution in [2.45, 2.75) is 19.8 Å². The summed E-state index contributed by atoms with van der Waals surface area (Å²) in [5, 5.41) is 0. The first-order valence-electron chi connectivity index (χ1n) is 8.37. The summed E-state index contributed by atoms with van der Waals surface area (Å²) in [5.74, 6) is 1.05. The lowest BCUT2D eigenvalue weighted by molar-refractivity contribution is -0.149. The van der Waals surface area contributed by atoms with E-state index in [1.165, 1.54) is 6.08 Å². The molecule has 0 radical (unpaired) electrons. The molecule has 2 rings (SSSR count). The molecule has 0 spiro atoms. The smallest absolute Gasteiger partial charge is 0.331 e. The number of carbonyl (C=O) groups excluding carboxylic acids is 2. The highest BCUT2D eigenvalue weighted by Crippen LogP contribution is 2.23. The molecule has 0 unspecified atom stereocenters. The topological polar surface area (TPSA) is 65.1 Å². The van der Waals surface area contributed by atoms with Crippen molar-refractivity contribution in [3.05, 3.63) is 29.8 Å². The Morgan fingerprint density at radius 3 is 2.48 bits per heavy atom. The van der Waals surface area contributed by atoms with Gasteiger partial charge in [-0.1, -0.05) is 6.92 Å². The molecule has 0 saturated carbocycles. The second-order valence-corrected chi connectivity index (χ2v) is 6.17. The molecule has 1 atom stereocenters. The number of hydrogen-bond donors (Lipinski definition) is 0. The molecule has 0 aromatic heterocycles. The van der Waals surface area contributed by atoms with Gasteiger partial charge in [-0.3, -0.25) is 4.79 Å². The van der Waals surface area contributed by atoms with Crippen LogP contribution in [-0.2, 0) is 14.3 Å². The molecule has 0 aliphatic carbocycles. The van der Waals surface area contributed by atoms with Crippen molar-refractivity contribution in [1.82, 2.24) is 4.90 Å². The van der Waals surface area contributed by atoms with Gasteiger partial charge in [0.2, 0.25) is 0 Å². The summed E-state index contributed by atoms with van der Waals surface area (Å²) < 4.78 is 15.4. The number of esters is 1. The van der Waals surface area contributed by atoms with Gasteiger partial charge in [0.05, 0.1) is 14.2 Å². The van der Waals surface area contributed by atoms with Crippen LogP contribution in [0.1, 0.15) is 25.3 Å². The second-order valence-electron chi connectivity index (χ2n) is 6.17. The maximum absolute atomic E-state index is 12.1. The first-order valence-corrected chi connectivity index (χ1v) is 8.37. The molecule has 1 aliphatic rings. The predicted molar refractivity (Wildman–Crippen MR) is 94.5 cm³/mol. The van der Waals surface area contributed by atoms with Gasteiger partial charge in [-0.15, -0.1) is 0 Å². The summed E-state index contributed by atoms with van der Waals surface area (Å²) in [6, 6.07) is 5.28. The number of likely N-dealkylation sites (tertiary alicyclic amines) is 1. The van der Waals surface area contributed by atoms with E-state index >= 15 is 0 Å². The lowest BCUT2D eigenvalue weighted by Crippen LogP contribution is -2.41. The number of hydrogen-bond acceptors (Lipinski definition) is 5. The van der Waals surface area contributed by atoms with Gasteiger partial charge in [-0.25, -0.2) is 4.79 Å². The van der Waals surface area contributed by atoms with Crippen LogP contribution in [0, 0.1) is 5.92 Å². The minimum atomic E-state index is -0.555. The summed E-state index contributed by atoms with van der Waals surface area (Å²) in [5.41, 5.74) is 0.740. The van der Waals surface area contributed by atoms with Crippen LogP contribution >= 0.6 is 0 Å². The zero-order chi connectivity index (χ0) is 18.2. The fourth-order valence-corrected chi connectivity index (χ4v) is 2.78. The molecule has 1 saturated heterocycles. The molecule has 6 heteroatoms. The molecule has 6 nitrogen and oxygen atoms in total. The third kappa shape index (κ3) is 5.81. The van der Waals surface area contributed by atoms with Crippen LogP contribution in [0.15, 0.2) is 24.3 Å². The number of amides is 1. The van der Waals surface area contributed by atoms with Gasteiger partial charge in [-0.2, -0.15) is 0 Å². The van der Waals surface area contributed by atoms with E-state index in [2.05, 4.69) is 6.92 Å². The Hall–Kier alpha value is -2.50. The number of nitrogens with zero attached hydrogens (tertiary/aromatic N) is 1. The van der Waals surface area contributed by atoms with E-state index in [9.17, 15) is 9.59 Å². The Balaban J connectivity index is 1.87. The minimum absolute atomic E-state index is 0.142. The maximum atomic E-state index is 12.1. The van der Waals surface area contributed by atoms with Crippen LogP contribution in [0.4, 0.5) is 0 Å². The first kappa shape index (κ1) is 18.8. The normalized spacial score (nSPS) is 17.4. The molecule has 1 amide bonds. The summed E-state index contributed by atoms with van der Waals surface area (Å²) in [6.45, 7) is 3.36. The average Bonchev–Trinajstić information content (AvgIpc) is 2.63. The van der Waals surface area contributed by atoms with Gasteiger partial charge in [0, 0.05) is 25.2 Å². The van der Waals surface area contributed by atoms with Gasteiger partial charge >= 0.3 is 5.97 Å². The summed E-state index contributed by atoms with van der Waals surface area (Å²) in [6.07, 6.45) is 5.02. The van der Waals surface area contributed by atoms with Crippen LogP contribution in [0.3, 0.4) is 0 Å². The molecule has 1 aliphatic heterocycles. The highest BCUT2D eigenvalue weighted by Gasteiger charge is 2.21. The lowest BCUT2D eigenvalue weighted by atomic mass is 10.0. The van der Waals surface area contributed by atoms with Gasteiger partial charge in [0.1, 0.15) is 11.5 Å². The number of methoxy groups -OCH3 is 2. The molecule has 136 valence electrons. The van der Waals surface area contributed by atoms with Crippen LogP contribution in [0.5, 0.6) is 11.5 Å². The first-order chi connectivity index (χ1) is 12.0. The molecular weight excluding hydrogens is 322 g/mol. The van der Waals surface area contributed by atoms with Crippen molar-refractivity contribution in [3.63, 3.8) is 0 Å². The highest BCUT2D eigenvalue weighted by molar-refractivity contribution is 5.89. The van der Waals surface area contributed by atoms with E-state index in [0.717, 1.165) is 31.5 Å². The molecule has 1 fully saturated rings. The van der Waals surface area contributed by atoms with Crippen molar-refractivity contribution >= 4 is 18.0 Å². The third-order valence-corrected chi connectivity index (χ3v) is 4.13. The lowest BCUT2D eigenvalue weighted by Gasteiger charge is -2.30. The Labute approximate surface area is 148 Å². The van der Waals surface area contributed by atoms with Crippen molar-refractivity contribution in [3.8, 4) is 11.5 Å². The van der Waals surface area contributed by atoms with E-state index in [4.69, 9.17) is 14.2 Å². The molecule has 1 heterocycles. The Kier molecular flexibility index (Phi) is 6.86. The van der Waals surface area contributed by atoms with Gasteiger partial charge in [0.25, 0.3) is 5.91 Å². The fraction of sp³-hybridized carbons (Fsp3) is 0.474. The molecule has 1 aromatic rings. The number of ether oxygens (including phenoxy) is 3. The number of piperidine rings is 1. The van der Waals surface area contributed by atoms with Crippen molar-refractivity contribution < 1.29 is 23.8 Å². The fourth-order valence-electron chi connectivity index (χ4n) is 2.78.